The molecule has 2 N–H and O–H groups in total. The minimum Gasteiger partial charge on any atom is -0.348 e. The molecule has 0 fully saturated rings. The molecule has 1 aromatic carbocycles. The van der Waals surface area contributed by atoms with Gasteiger partial charge in [-0.25, -0.2) is 0 Å². The highest BCUT2D eigenvalue weighted by atomic mass is 35.5. The maximum atomic E-state index is 11.5. The Morgan fingerprint density at radius 3 is 2.71 bits per heavy atom. The average molecular weight is 253 g/mol. The van der Waals surface area contributed by atoms with E-state index in [-0.39, 0.29) is 11.9 Å². The molecule has 1 aromatic rings. The molecule has 3 nitrogen and oxygen atoms in total. The molecule has 0 saturated heterocycles. The van der Waals surface area contributed by atoms with Crippen LogP contribution in [0.5, 0.6) is 0 Å². The fourth-order valence-electron chi connectivity index (χ4n) is 1.42. The topological polar surface area (TPSA) is 41.1 Å². The first-order chi connectivity index (χ1) is 8.13. The summed E-state index contributed by atoms with van der Waals surface area (Å²) in [5.41, 5.74) is 1.03. The molecule has 1 amide bonds. The van der Waals surface area contributed by atoms with Gasteiger partial charge in [0.2, 0.25) is 5.91 Å². The number of halogens is 1. The first-order valence-corrected chi connectivity index (χ1v) is 5.87. The molecule has 0 heterocycles. The summed E-state index contributed by atoms with van der Waals surface area (Å²) in [5.74, 6) is -0.0331. The Bertz CT molecular complexity index is 376. The third-order valence-electron chi connectivity index (χ3n) is 2.32. The van der Waals surface area contributed by atoms with Crippen molar-refractivity contribution in [3.8, 4) is 0 Å². The van der Waals surface area contributed by atoms with Crippen molar-refractivity contribution in [2.24, 2.45) is 0 Å². The summed E-state index contributed by atoms with van der Waals surface area (Å²) < 4.78 is 0. The summed E-state index contributed by atoms with van der Waals surface area (Å²) in [5, 5.41) is 6.54. The van der Waals surface area contributed by atoms with Crippen molar-refractivity contribution in [2.75, 3.05) is 13.1 Å². The van der Waals surface area contributed by atoms with Crippen molar-refractivity contribution in [2.45, 2.75) is 13.0 Å². The predicted octanol–water partition coefficient (Wildman–Crippen LogP) is 2.29. The van der Waals surface area contributed by atoms with Crippen molar-refractivity contribution in [3.63, 3.8) is 0 Å². The van der Waals surface area contributed by atoms with Crippen LogP contribution in [-0.2, 0) is 4.79 Å². The maximum absolute atomic E-state index is 11.5. The monoisotopic (exact) mass is 252 g/mol. The molecule has 0 saturated carbocycles. The molecule has 1 rings (SSSR count). The molecule has 1 unspecified atom stereocenters. The van der Waals surface area contributed by atoms with Crippen LogP contribution in [0.4, 0.5) is 0 Å². The van der Waals surface area contributed by atoms with Crippen LogP contribution in [0.1, 0.15) is 18.5 Å². The summed E-state index contributed by atoms with van der Waals surface area (Å²) in [7, 11) is 0. The quantitative estimate of drug-likeness (QED) is 0.603. The third kappa shape index (κ3) is 5.02. The molecule has 1 atom stereocenters. The number of carbonyl (C=O) groups excluding carboxylic acids is 1. The SMILES string of the molecule is C=CCNCC(=O)NC(C)c1ccc(Cl)cc1. The number of rotatable bonds is 6. The minimum absolute atomic E-state index is 0.0229. The van der Waals surface area contributed by atoms with E-state index in [0.29, 0.717) is 18.1 Å². The van der Waals surface area contributed by atoms with E-state index in [9.17, 15) is 4.79 Å². The summed E-state index contributed by atoms with van der Waals surface area (Å²) in [6.45, 7) is 6.43. The molecule has 17 heavy (non-hydrogen) atoms. The van der Waals surface area contributed by atoms with Gasteiger partial charge in [-0.1, -0.05) is 29.8 Å². The Balaban J connectivity index is 2.42. The molecule has 0 aromatic heterocycles. The first-order valence-electron chi connectivity index (χ1n) is 5.50. The van der Waals surface area contributed by atoms with Crippen molar-refractivity contribution >= 4 is 17.5 Å². The highest BCUT2D eigenvalue weighted by Crippen LogP contribution is 2.15. The number of benzene rings is 1. The second-order valence-electron chi connectivity index (χ2n) is 3.76. The van der Waals surface area contributed by atoms with Gasteiger partial charge >= 0.3 is 0 Å². The lowest BCUT2D eigenvalue weighted by molar-refractivity contribution is -0.120. The average Bonchev–Trinajstić information content (AvgIpc) is 2.30. The number of hydrogen-bond acceptors (Lipinski definition) is 2. The largest absolute Gasteiger partial charge is 0.348 e. The van der Waals surface area contributed by atoms with Gasteiger partial charge in [0.05, 0.1) is 12.6 Å². The van der Waals surface area contributed by atoms with Gasteiger partial charge in [0.15, 0.2) is 0 Å². The molecule has 0 spiro atoms. The van der Waals surface area contributed by atoms with E-state index in [2.05, 4.69) is 17.2 Å². The molecule has 0 aliphatic rings. The van der Waals surface area contributed by atoms with E-state index in [0.717, 1.165) is 5.56 Å². The van der Waals surface area contributed by atoms with Gasteiger partial charge in [-0.3, -0.25) is 4.79 Å². The van der Waals surface area contributed by atoms with Crippen LogP contribution < -0.4 is 10.6 Å². The predicted molar refractivity (Wildman–Crippen MR) is 71.1 cm³/mol. The minimum atomic E-state index is -0.0331. The van der Waals surface area contributed by atoms with Crippen molar-refractivity contribution in [3.05, 3.63) is 47.5 Å². The standard InChI is InChI=1S/C13H17ClN2O/c1-3-8-15-9-13(17)16-10(2)11-4-6-12(14)7-5-11/h3-7,10,15H,1,8-9H2,2H3,(H,16,17). The fourth-order valence-corrected chi connectivity index (χ4v) is 1.54. The zero-order chi connectivity index (χ0) is 12.7. The van der Waals surface area contributed by atoms with Gasteiger partial charge < -0.3 is 10.6 Å². The normalized spacial score (nSPS) is 11.9. The molecular weight excluding hydrogens is 236 g/mol. The molecule has 0 bridgehead atoms. The van der Waals surface area contributed by atoms with Gasteiger partial charge in [-0.15, -0.1) is 6.58 Å². The van der Waals surface area contributed by atoms with Crippen molar-refractivity contribution in [1.82, 2.24) is 10.6 Å². The Morgan fingerprint density at radius 2 is 2.12 bits per heavy atom. The van der Waals surface area contributed by atoms with E-state index < -0.39 is 0 Å². The lowest BCUT2D eigenvalue weighted by Gasteiger charge is -2.14. The first kappa shape index (κ1) is 13.7. The van der Waals surface area contributed by atoms with Crippen molar-refractivity contribution < 1.29 is 4.79 Å². The zero-order valence-corrected chi connectivity index (χ0v) is 10.6. The zero-order valence-electron chi connectivity index (χ0n) is 9.87. The smallest absolute Gasteiger partial charge is 0.234 e. The summed E-state index contributed by atoms with van der Waals surface area (Å²) in [4.78, 5) is 11.5. The van der Waals surface area contributed by atoms with E-state index in [1.54, 1.807) is 6.08 Å². The van der Waals surface area contributed by atoms with Crippen LogP contribution in [0.3, 0.4) is 0 Å². The van der Waals surface area contributed by atoms with Crippen LogP contribution in [0.25, 0.3) is 0 Å². The lowest BCUT2D eigenvalue weighted by atomic mass is 10.1. The highest BCUT2D eigenvalue weighted by Gasteiger charge is 2.08. The van der Waals surface area contributed by atoms with Crippen LogP contribution in [-0.4, -0.2) is 19.0 Å². The van der Waals surface area contributed by atoms with Crippen LogP contribution in [0, 0.1) is 0 Å². The number of carbonyl (C=O) groups is 1. The van der Waals surface area contributed by atoms with Gasteiger partial charge in [0.25, 0.3) is 0 Å². The van der Waals surface area contributed by atoms with Crippen molar-refractivity contribution in [1.29, 1.82) is 0 Å². The molecule has 4 heteroatoms. The van der Waals surface area contributed by atoms with E-state index in [4.69, 9.17) is 11.6 Å². The number of hydrogen-bond donors (Lipinski definition) is 2. The molecule has 92 valence electrons. The maximum Gasteiger partial charge on any atom is 0.234 e. The number of nitrogens with one attached hydrogen (secondary N) is 2. The Labute approximate surface area is 107 Å². The van der Waals surface area contributed by atoms with E-state index in [1.165, 1.54) is 0 Å². The Hall–Kier alpha value is -1.32. The number of amides is 1. The molecule has 0 aliphatic heterocycles. The van der Waals surface area contributed by atoms with E-state index >= 15 is 0 Å². The third-order valence-corrected chi connectivity index (χ3v) is 2.57. The second kappa shape index (κ2) is 7.09. The lowest BCUT2D eigenvalue weighted by Crippen LogP contribution is -2.35. The van der Waals surface area contributed by atoms with Gasteiger partial charge in [-0.2, -0.15) is 0 Å². The van der Waals surface area contributed by atoms with Gasteiger partial charge in [-0.05, 0) is 24.6 Å². The van der Waals surface area contributed by atoms with Crippen LogP contribution in [0.2, 0.25) is 5.02 Å². The molecular formula is C13H17ClN2O. The Morgan fingerprint density at radius 1 is 1.47 bits per heavy atom. The summed E-state index contributed by atoms with van der Waals surface area (Å²) >= 11 is 5.80. The molecule has 0 radical (unpaired) electrons. The fraction of sp³-hybridized carbons (Fsp3) is 0.308. The van der Waals surface area contributed by atoms with Crippen LogP contribution in [0.15, 0.2) is 36.9 Å². The summed E-state index contributed by atoms with van der Waals surface area (Å²) in [6, 6.07) is 7.42. The summed E-state index contributed by atoms with van der Waals surface area (Å²) in [6.07, 6.45) is 1.72. The van der Waals surface area contributed by atoms with Gasteiger partial charge in [0.1, 0.15) is 0 Å². The van der Waals surface area contributed by atoms with Gasteiger partial charge in [0, 0.05) is 11.6 Å². The second-order valence-corrected chi connectivity index (χ2v) is 4.20. The highest BCUT2D eigenvalue weighted by molar-refractivity contribution is 6.30. The molecule has 0 aliphatic carbocycles. The van der Waals surface area contributed by atoms with E-state index in [1.807, 2.05) is 31.2 Å². The Kier molecular flexibility index (Phi) is 5.73. The van der Waals surface area contributed by atoms with Crippen LogP contribution >= 0.6 is 11.6 Å².